The van der Waals surface area contributed by atoms with Crippen LogP contribution in [0.5, 0.6) is 0 Å². The molecule has 0 spiro atoms. The predicted octanol–water partition coefficient (Wildman–Crippen LogP) is 4.25. The highest BCUT2D eigenvalue weighted by atomic mass is 35.5. The van der Waals surface area contributed by atoms with Crippen molar-refractivity contribution >= 4 is 23.3 Å². The maximum atomic E-state index is 12.3. The molecule has 0 aliphatic heterocycles. The molecule has 6 heteroatoms. The van der Waals surface area contributed by atoms with E-state index in [1.54, 1.807) is 18.1 Å². The zero-order chi connectivity index (χ0) is 17.6. The second-order valence-electron chi connectivity index (χ2n) is 5.78. The summed E-state index contributed by atoms with van der Waals surface area (Å²) in [6.45, 7) is 1.15. The number of aromatic nitrogens is 2. The molecule has 0 unspecified atom stereocenters. The minimum atomic E-state index is -0.181. The monoisotopic (exact) mass is 354 g/mol. The highest BCUT2D eigenvalue weighted by Gasteiger charge is 2.11. The molecule has 0 fully saturated rings. The van der Waals surface area contributed by atoms with Crippen LogP contribution in [0.4, 0.5) is 10.5 Å². The molecule has 0 saturated carbocycles. The van der Waals surface area contributed by atoms with Gasteiger partial charge in [0.05, 0.1) is 6.54 Å². The fourth-order valence-corrected chi connectivity index (χ4v) is 2.64. The average molecular weight is 355 g/mol. The van der Waals surface area contributed by atoms with Crippen molar-refractivity contribution in [1.82, 2.24) is 14.7 Å². The van der Waals surface area contributed by atoms with E-state index in [0.717, 1.165) is 16.8 Å². The summed E-state index contributed by atoms with van der Waals surface area (Å²) >= 11 is 6.14. The number of carbonyl (C=O) groups is 1. The van der Waals surface area contributed by atoms with E-state index in [4.69, 9.17) is 11.6 Å². The lowest BCUT2D eigenvalue weighted by Gasteiger charge is -2.19. The summed E-state index contributed by atoms with van der Waals surface area (Å²) < 4.78 is 1.85. The molecule has 3 aromatic rings. The number of amides is 2. The first kappa shape index (κ1) is 17.0. The minimum absolute atomic E-state index is 0.181. The third kappa shape index (κ3) is 4.61. The van der Waals surface area contributed by atoms with Gasteiger partial charge in [-0.2, -0.15) is 5.10 Å². The van der Waals surface area contributed by atoms with Crippen molar-refractivity contribution in [1.29, 1.82) is 0 Å². The summed E-state index contributed by atoms with van der Waals surface area (Å²) in [4.78, 5) is 13.9. The van der Waals surface area contributed by atoms with Crippen molar-refractivity contribution < 1.29 is 4.79 Å². The van der Waals surface area contributed by atoms with Crippen molar-refractivity contribution in [3.63, 3.8) is 0 Å². The molecule has 0 aliphatic rings. The zero-order valence-corrected chi connectivity index (χ0v) is 14.6. The summed E-state index contributed by atoms with van der Waals surface area (Å²) in [5.74, 6) is 0. The van der Waals surface area contributed by atoms with Crippen LogP contribution in [0.2, 0.25) is 5.02 Å². The summed E-state index contributed by atoms with van der Waals surface area (Å²) in [5.41, 5.74) is 2.78. The van der Waals surface area contributed by atoms with Crippen LogP contribution in [0, 0.1) is 0 Å². The lowest BCUT2D eigenvalue weighted by atomic mass is 10.2. The Balaban J connectivity index is 1.57. The van der Waals surface area contributed by atoms with Gasteiger partial charge in [-0.15, -0.1) is 0 Å². The summed E-state index contributed by atoms with van der Waals surface area (Å²) in [6.07, 6.45) is 3.67. The molecule has 5 nitrogen and oxygen atoms in total. The summed E-state index contributed by atoms with van der Waals surface area (Å²) in [7, 11) is 1.74. The molecule has 1 heterocycles. The first-order valence-corrected chi connectivity index (χ1v) is 8.31. The largest absolute Gasteiger partial charge is 0.323 e. The van der Waals surface area contributed by atoms with Crippen LogP contribution in [0.25, 0.3) is 0 Å². The Morgan fingerprint density at radius 2 is 1.92 bits per heavy atom. The Labute approximate surface area is 151 Å². The van der Waals surface area contributed by atoms with E-state index in [1.165, 1.54) is 0 Å². The van der Waals surface area contributed by atoms with Gasteiger partial charge in [-0.3, -0.25) is 4.68 Å². The van der Waals surface area contributed by atoms with Gasteiger partial charge in [0.2, 0.25) is 0 Å². The quantitative estimate of drug-likeness (QED) is 0.744. The molecule has 128 valence electrons. The Bertz CT molecular complexity index is 831. The molecule has 0 saturated heterocycles. The van der Waals surface area contributed by atoms with Crippen LogP contribution in [-0.4, -0.2) is 27.8 Å². The minimum Gasteiger partial charge on any atom is -0.323 e. The summed E-state index contributed by atoms with van der Waals surface area (Å²) in [6, 6.07) is 17.0. The molecular weight excluding hydrogens is 336 g/mol. The first-order chi connectivity index (χ1) is 12.1. The third-order valence-corrected chi connectivity index (χ3v) is 4.19. The number of hydrogen-bond donors (Lipinski definition) is 1. The lowest BCUT2D eigenvalue weighted by molar-refractivity contribution is 0.220. The fraction of sp³-hybridized carbons (Fsp3) is 0.158. The zero-order valence-electron chi connectivity index (χ0n) is 13.9. The van der Waals surface area contributed by atoms with Crippen molar-refractivity contribution in [2.75, 3.05) is 12.4 Å². The van der Waals surface area contributed by atoms with Gasteiger partial charge in [0.1, 0.15) is 0 Å². The molecule has 0 atom stereocenters. The van der Waals surface area contributed by atoms with Crippen LogP contribution < -0.4 is 5.32 Å². The van der Waals surface area contributed by atoms with E-state index >= 15 is 0 Å². The van der Waals surface area contributed by atoms with Gasteiger partial charge in [-0.25, -0.2) is 4.79 Å². The molecule has 2 amide bonds. The Morgan fingerprint density at radius 1 is 1.16 bits per heavy atom. The van der Waals surface area contributed by atoms with Gasteiger partial charge in [0, 0.05) is 36.7 Å². The SMILES string of the molecule is CN(Cc1ccccc1Cl)C(=O)Nc1ccc(Cn2cccn2)cc1. The smallest absolute Gasteiger partial charge is 0.321 e. The highest BCUT2D eigenvalue weighted by molar-refractivity contribution is 6.31. The van der Waals surface area contributed by atoms with Crippen molar-refractivity contribution in [3.8, 4) is 0 Å². The van der Waals surface area contributed by atoms with E-state index in [9.17, 15) is 4.79 Å². The van der Waals surface area contributed by atoms with Crippen LogP contribution in [0.1, 0.15) is 11.1 Å². The topological polar surface area (TPSA) is 50.2 Å². The molecule has 0 aliphatic carbocycles. The molecule has 0 bridgehead atoms. The normalized spacial score (nSPS) is 10.5. The van der Waals surface area contributed by atoms with Gasteiger partial charge >= 0.3 is 6.03 Å². The number of nitrogens with zero attached hydrogens (tertiary/aromatic N) is 3. The van der Waals surface area contributed by atoms with E-state index in [0.29, 0.717) is 18.1 Å². The van der Waals surface area contributed by atoms with Crippen molar-refractivity contribution in [3.05, 3.63) is 83.1 Å². The van der Waals surface area contributed by atoms with Crippen LogP contribution >= 0.6 is 11.6 Å². The molecule has 0 radical (unpaired) electrons. The molecule has 25 heavy (non-hydrogen) atoms. The molecule has 2 aromatic carbocycles. The second kappa shape index (κ2) is 7.85. The number of rotatable bonds is 5. The van der Waals surface area contributed by atoms with Crippen LogP contribution in [0.15, 0.2) is 67.0 Å². The Morgan fingerprint density at radius 3 is 2.60 bits per heavy atom. The van der Waals surface area contributed by atoms with Crippen LogP contribution in [-0.2, 0) is 13.1 Å². The van der Waals surface area contributed by atoms with Crippen molar-refractivity contribution in [2.45, 2.75) is 13.1 Å². The van der Waals surface area contributed by atoms with E-state index in [-0.39, 0.29) is 6.03 Å². The Kier molecular flexibility index (Phi) is 5.36. The van der Waals surface area contributed by atoms with Gasteiger partial charge in [-0.1, -0.05) is 41.9 Å². The number of urea groups is 1. The maximum Gasteiger partial charge on any atom is 0.321 e. The van der Waals surface area contributed by atoms with Gasteiger partial charge < -0.3 is 10.2 Å². The molecule has 3 rings (SSSR count). The van der Waals surface area contributed by atoms with Gasteiger partial charge in [0.15, 0.2) is 0 Å². The molecule has 1 aromatic heterocycles. The average Bonchev–Trinajstić information content (AvgIpc) is 3.11. The first-order valence-electron chi connectivity index (χ1n) is 7.94. The standard InChI is InChI=1S/C19H19ClN4O/c1-23(14-16-5-2-3-6-18(16)20)19(25)22-17-9-7-15(8-10-17)13-24-12-4-11-21-24/h2-12H,13-14H2,1H3,(H,22,25). The van der Waals surface area contributed by atoms with Gasteiger partial charge in [-0.05, 0) is 35.4 Å². The molecule has 1 N–H and O–H groups in total. The number of anilines is 1. The van der Waals surface area contributed by atoms with E-state index in [2.05, 4.69) is 10.4 Å². The third-order valence-electron chi connectivity index (χ3n) is 3.82. The highest BCUT2D eigenvalue weighted by Crippen LogP contribution is 2.17. The number of halogens is 1. The fourth-order valence-electron chi connectivity index (χ4n) is 2.45. The number of benzene rings is 2. The maximum absolute atomic E-state index is 12.3. The Hall–Kier alpha value is -2.79. The van der Waals surface area contributed by atoms with E-state index < -0.39 is 0 Å². The summed E-state index contributed by atoms with van der Waals surface area (Å²) in [5, 5.41) is 7.73. The lowest BCUT2D eigenvalue weighted by Crippen LogP contribution is -2.30. The second-order valence-corrected chi connectivity index (χ2v) is 6.19. The number of nitrogens with one attached hydrogen (secondary N) is 1. The number of carbonyl (C=O) groups excluding carboxylic acids is 1. The van der Waals surface area contributed by atoms with Crippen LogP contribution in [0.3, 0.4) is 0 Å². The van der Waals surface area contributed by atoms with Crippen molar-refractivity contribution in [2.24, 2.45) is 0 Å². The van der Waals surface area contributed by atoms with E-state index in [1.807, 2.05) is 65.5 Å². The number of hydrogen-bond acceptors (Lipinski definition) is 2. The molecular formula is C19H19ClN4O. The predicted molar refractivity (Wildman–Crippen MR) is 99.7 cm³/mol. The van der Waals surface area contributed by atoms with Gasteiger partial charge in [0.25, 0.3) is 0 Å².